The number of halogens is 1. The van der Waals surface area contributed by atoms with Crippen LogP contribution in [0.5, 0.6) is 5.75 Å². The van der Waals surface area contributed by atoms with E-state index in [1.807, 2.05) is 6.07 Å². The third-order valence-corrected chi connectivity index (χ3v) is 2.77. The first-order valence-corrected chi connectivity index (χ1v) is 5.88. The Balaban J connectivity index is 2.19. The summed E-state index contributed by atoms with van der Waals surface area (Å²) in [6, 6.07) is 12.4. The predicted molar refractivity (Wildman–Crippen MR) is 71.7 cm³/mol. The van der Waals surface area contributed by atoms with Crippen LogP contribution < -0.4 is 10.2 Å². The Morgan fingerprint density at radius 2 is 1.95 bits per heavy atom. The van der Waals surface area contributed by atoms with Crippen molar-refractivity contribution in [1.82, 2.24) is 0 Å². The Bertz CT molecular complexity index is 655. The van der Waals surface area contributed by atoms with Crippen LogP contribution in [0.2, 0.25) is 0 Å². The Morgan fingerprint density at radius 1 is 1.20 bits per heavy atom. The molecule has 0 atom stereocenters. The van der Waals surface area contributed by atoms with Crippen molar-refractivity contribution in [1.29, 1.82) is 5.26 Å². The van der Waals surface area contributed by atoms with Gasteiger partial charge >= 0.3 is 7.12 Å². The van der Waals surface area contributed by atoms with E-state index in [0.717, 1.165) is 6.07 Å². The van der Waals surface area contributed by atoms with Gasteiger partial charge in [0.15, 0.2) is 11.6 Å². The van der Waals surface area contributed by atoms with E-state index < -0.39 is 12.9 Å². The first-order valence-electron chi connectivity index (χ1n) is 5.88. The third-order valence-electron chi connectivity index (χ3n) is 2.77. The van der Waals surface area contributed by atoms with Crippen LogP contribution in [0.15, 0.2) is 42.5 Å². The zero-order chi connectivity index (χ0) is 14.5. The number of ether oxygens (including phenoxy) is 1. The van der Waals surface area contributed by atoms with Crippen molar-refractivity contribution in [3.8, 4) is 11.8 Å². The smallest absolute Gasteiger partial charge is 0.486 e. The van der Waals surface area contributed by atoms with E-state index in [4.69, 9.17) is 20.0 Å². The van der Waals surface area contributed by atoms with Crippen molar-refractivity contribution in [2.24, 2.45) is 0 Å². The molecule has 20 heavy (non-hydrogen) atoms. The number of benzene rings is 2. The highest BCUT2D eigenvalue weighted by Crippen LogP contribution is 2.17. The van der Waals surface area contributed by atoms with Crippen LogP contribution in [0.25, 0.3) is 0 Å². The van der Waals surface area contributed by atoms with Gasteiger partial charge in [-0.05, 0) is 23.7 Å². The largest absolute Gasteiger partial charge is 0.488 e. The van der Waals surface area contributed by atoms with Gasteiger partial charge in [-0.2, -0.15) is 5.26 Å². The fourth-order valence-corrected chi connectivity index (χ4v) is 1.70. The van der Waals surface area contributed by atoms with Crippen molar-refractivity contribution in [3.05, 3.63) is 59.4 Å². The van der Waals surface area contributed by atoms with Crippen LogP contribution in [-0.2, 0) is 6.61 Å². The van der Waals surface area contributed by atoms with Crippen LogP contribution >= 0.6 is 0 Å². The topological polar surface area (TPSA) is 73.5 Å². The van der Waals surface area contributed by atoms with E-state index in [1.54, 1.807) is 24.3 Å². The SMILES string of the molecule is N#Cc1ccccc1COc1cc(B(O)O)ccc1F. The Kier molecular flexibility index (Phi) is 4.36. The molecule has 0 aliphatic rings. The van der Waals surface area contributed by atoms with Crippen LogP contribution in [0, 0.1) is 17.1 Å². The number of nitrogens with zero attached hydrogens (tertiary/aromatic N) is 1. The summed E-state index contributed by atoms with van der Waals surface area (Å²) in [5.74, 6) is -0.702. The van der Waals surface area contributed by atoms with Crippen molar-refractivity contribution in [3.63, 3.8) is 0 Å². The quantitative estimate of drug-likeness (QED) is 0.812. The first kappa shape index (κ1) is 14.1. The molecule has 0 amide bonds. The van der Waals surface area contributed by atoms with Crippen molar-refractivity contribution >= 4 is 12.6 Å². The van der Waals surface area contributed by atoms with E-state index in [9.17, 15) is 4.39 Å². The van der Waals surface area contributed by atoms with Gasteiger partial charge in [0, 0.05) is 5.56 Å². The second kappa shape index (κ2) is 6.19. The van der Waals surface area contributed by atoms with Crippen molar-refractivity contribution in [2.75, 3.05) is 0 Å². The fraction of sp³-hybridized carbons (Fsp3) is 0.0714. The number of rotatable bonds is 4. The average molecular weight is 271 g/mol. The van der Waals surface area contributed by atoms with Crippen molar-refractivity contribution in [2.45, 2.75) is 6.61 Å². The molecule has 0 saturated heterocycles. The van der Waals surface area contributed by atoms with Gasteiger partial charge in [-0.15, -0.1) is 0 Å². The predicted octanol–water partition coefficient (Wildman–Crippen LogP) is 0.956. The second-order valence-electron chi connectivity index (χ2n) is 4.12. The molecule has 0 saturated carbocycles. The summed E-state index contributed by atoms with van der Waals surface area (Å²) < 4.78 is 18.9. The minimum Gasteiger partial charge on any atom is -0.486 e. The summed E-state index contributed by atoms with van der Waals surface area (Å²) in [6.07, 6.45) is 0. The molecule has 2 N–H and O–H groups in total. The van der Waals surface area contributed by atoms with Gasteiger partial charge in [0.2, 0.25) is 0 Å². The van der Waals surface area contributed by atoms with Gasteiger partial charge in [-0.1, -0.05) is 24.3 Å². The zero-order valence-corrected chi connectivity index (χ0v) is 10.5. The van der Waals surface area contributed by atoms with E-state index in [-0.39, 0.29) is 17.8 Å². The number of hydrogen-bond donors (Lipinski definition) is 2. The van der Waals surface area contributed by atoms with Crippen LogP contribution in [0.1, 0.15) is 11.1 Å². The molecule has 4 nitrogen and oxygen atoms in total. The molecule has 0 bridgehead atoms. The molecule has 100 valence electrons. The standard InChI is InChI=1S/C14H11BFNO3/c16-13-6-5-12(15(18)19)7-14(13)20-9-11-4-2-1-3-10(11)8-17/h1-7,18-19H,9H2. The first-order chi connectivity index (χ1) is 9.61. The second-order valence-corrected chi connectivity index (χ2v) is 4.12. The lowest BCUT2D eigenvalue weighted by molar-refractivity contribution is 0.290. The maximum atomic E-state index is 13.6. The lowest BCUT2D eigenvalue weighted by atomic mass is 9.80. The maximum Gasteiger partial charge on any atom is 0.488 e. The van der Waals surface area contributed by atoms with Crippen LogP contribution in [0.4, 0.5) is 4.39 Å². The van der Waals surface area contributed by atoms with E-state index >= 15 is 0 Å². The molecule has 0 unspecified atom stereocenters. The molecule has 2 rings (SSSR count). The summed E-state index contributed by atoms with van der Waals surface area (Å²) in [5, 5.41) is 27.0. The number of nitriles is 1. The van der Waals surface area contributed by atoms with Gasteiger partial charge in [-0.3, -0.25) is 0 Å². The molecule has 6 heteroatoms. The molecule has 0 aromatic heterocycles. The third kappa shape index (κ3) is 3.15. The molecule has 0 radical (unpaired) electrons. The molecule has 0 aliphatic carbocycles. The molecular formula is C14H11BFNO3. The Morgan fingerprint density at radius 3 is 2.65 bits per heavy atom. The minimum atomic E-state index is -1.69. The Hall–Kier alpha value is -2.36. The lowest BCUT2D eigenvalue weighted by Crippen LogP contribution is -2.29. The monoisotopic (exact) mass is 271 g/mol. The van der Waals surface area contributed by atoms with Crippen LogP contribution in [0.3, 0.4) is 0 Å². The normalized spacial score (nSPS) is 9.90. The van der Waals surface area contributed by atoms with Crippen molar-refractivity contribution < 1.29 is 19.2 Å². The lowest BCUT2D eigenvalue weighted by Gasteiger charge is -2.10. The summed E-state index contributed by atoms with van der Waals surface area (Å²) in [7, 11) is -1.69. The summed E-state index contributed by atoms with van der Waals surface area (Å²) >= 11 is 0. The fourth-order valence-electron chi connectivity index (χ4n) is 1.70. The van der Waals surface area contributed by atoms with E-state index in [2.05, 4.69) is 0 Å². The van der Waals surface area contributed by atoms with Gasteiger partial charge in [0.1, 0.15) is 6.61 Å². The van der Waals surface area contributed by atoms with E-state index in [0.29, 0.717) is 11.1 Å². The summed E-state index contributed by atoms with van der Waals surface area (Å²) in [4.78, 5) is 0. The van der Waals surface area contributed by atoms with Gasteiger partial charge in [-0.25, -0.2) is 4.39 Å². The van der Waals surface area contributed by atoms with Gasteiger partial charge < -0.3 is 14.8 Å². The summed E-state index contributed by atoms with van der Waals surface area (Å²) in [6.45, 7) is 0.0195. The highest BCUT2D eigenvalue weighted by molar-refractivity contribution is 6.58. The van der Waals surface area contributed by atoms with Gasteiger partial charge in [0.25, 0.3) is 0 Å². The number of hydrogen-bond acceptors (Lipinski definition) is 4. The molecule has 2 aromatic carbocycles. The highest BCUT2D eigenvalue weighted by atomic mass is 19.1. The molecule has 2 aromatic rings. The molecule has 0 aliphatic heterocycles. The Labute approximate surface area is 115 Å². The highest BCUT2D eigenvalue weighted by Gasteiger charge is 2.14. The molecule has 0 heterocycles. The maximum absolute atomic E-state index is 13.6. The average Bonchev–Trinajstić information content (AvgIpc) is 2.46. The minimum absolute atomic E-state index is 0.0195. The molecule has 0 spiro atoms. The van der Waals surface area contributed by atoms with E-state index in [1.165, 1.54) is 12.1 Å². The summed E-state index contributed by atoms with van der Waals surface area (Å²) in [5.41, 5.74) is 1.21. The van der Waals surface area contributed by atoms with Crippen LogP contribution in [-0.4, -0.2) is 17.2 Å². The van der Waals surface area contributed by atoms with Gasteiger partial charge in [0.05, 0.1) is 11.6 Å². The molecule has 0 fully saturated rings. The molecular weight excluding hydrogens is 260 g/mol. The zero-order valence-electron chi connectivity index (χ0n) is 10.5.